The van der Waals surface area contributed by atoms with Crippen molar-refractivity contribution < 1.29 is 28.1 Å². The van der Waals surface area contributed by atoms with Gasteiger partial charge < -0.3 is 23.8 Å². The third-order valence-electron chi connectivity index (χ3n) is 4.32. The molecule has 2 aromatic heterocycles. The second kappa shape index (κ2) is 7.16. The molecule has 1 aliphatic rings. The summed E-state index contributed by atoms with van der Waals surface area (Å²) in [6.07, 6.45) is 0. The van der Waals surface area contributed by atoms with E-state index in [0.717, 1.165) is 6.07 Å². The zero-order chi connectivity index (χ0) is 19.7. The highest BCUT2D eigenvalue weighted by Crippen LogP contribution is 2.32. The number of nitro groups is 1. The Kier molecular flexibility index (Phi) is 4.53. The number of fused-ring (bicyclic) bond motifs is 1. The van der Waals surface area contributed by atoms with Crippen molar-refractivity contribution in [2.45, 2.75) is 0 Å². The molecule has 0 atom stereocenters. The lowest BCUT2D eigenvalue weighted by Crippen LogP contribution is -2.40. The predicted octanol–water partition coefficient (Wildman–Crippen LogP) is 2.66. The molecular formula is C18H15N3O7. The summed E-state index contributed by atoms with van der Waals surface area (Å²) in [7, 11) is 0. The highest BCUT2D eigenvalue weighted by Gasteiger charge is 2.28. The van der Waals surface area contributed by atoms with Gasteiger partial charge in [0.1, 0.15) is 16.2 Å². The van der Waals surface area contributed by atoms with E-state index in [1.807, 2.05) is 0 Å². The molecule has 0 bridgehead atoms. The van der Waals surface area contributed by atoms with Crippen LogP contribution in [0.4, 0.5) is 11.6 Å². The minimum Gasteiger partial charge on any atom is -0.449 e. The maximum Gasteiger partial charge on any atom is 0.433 e. The third-order valence-corrected chi connectivity index (χ3v) is 4.32. The first-order valence-electron chi connectivity index (χ1n) is 8.48. The van der Waals surface area contributed by atoms with Crippen molar-refractivity contribution in [2.24, 2.45) is 0 Å². The van der Waals surface area contributed by atoms with Crippen molar-refractivity contribution in [3.05, 3.63) is 58.0 Å². The molecule has 1 aliphatic heterocycles. The maximum absolute atomic E-state index is 12.9. The Bertz CT molecular complexity index is 1060. The molecule has 1 fully saturated rings. The highest BCUT2D eigenvalue weighted by molar-refractivity contribution is 6.13. The van der Waals surface area contributed by atoms with Crippen molar-refractivity contribution >= 4 is 34.4 Å². The first-order chi connectivity index (χ1) is 13.5. The average Bonchev–Trinajstić information content (AvgIpc) is 3.34. The van der Waals surface area contributed by atoms with Gasteiger partial charge in [0, 0.05) is 18.5 Å². The molecule has 2 amide bonds. The molecule has 28 heavy (non-hydrogen) atoms. The van der Waals surface area contributed by atoms with Gasteiger partial charge in [-0.25, -0.2) is 0 Å². The molecule has 0 saturated carbocycles. The van der Waals surface area contributed by atoms with Crippen LogP contribution in [0.1, 0.15) is 21.1 Å². The molecule has 3 heterocycles. The number of carbonyl (C=O) groups is 2. The van der Waals surface area contributed by atoms with Gasteiger partial charge >= 0.3 is 5.88 Å². The summed E-state index contributed by atoms with van der Waals surface area (Å²) in [6, 6.07) is 9.15. The Morgan fingerprint density at radius 1 is 1.07 bits per heavy atom. The summed E-state index contributed by atoms with van der Waals surface area (Å²) in [5.41, 5.74) is 0.621. The monoisotopic (exact) mass is 385 g/mol. The van der Waals surface area contributed by atoms with Crippen LogP contribution in [0.3, 0.4) is 0 Å². The molecule has 0 spiro atoms. The van der Waals surface area contributed by atoms with E-state index in [0.29, 0.717) is 37.3 Å². The second-order valence-electron chi connectivity index (χ2n) is 6.06. The van der Waals surface area contributed by atoms with Gasteiger partial charge in [0.05, 0.1) is 19.3 Å². The number of nitrogens with one attached hydrogen (secondary N) is 1. The van der Waals surface area contributed by atoms with E-state index >= 15 is 0 Å². The third kappa shape index (κ3) is 3.21. The Morgan fingerprint density at radius 3 is 2.54 bits per heavy atom. The van der Waals surface area contributed by atoms with E-state index < -0.39 is 16.7 Å². The summed E-state index contributed by atoms with van der Waals surface area (Å²) >= 11 is 0. The van der Waals surface area contributed by atoms with Crippen molar-refractivity contribution in [3.8, 4) is 0 Å². The molecule has 1 N–H and O–H groups in total. The SMILES string of the molecule is O=C(Nc1c(C(=O)N2CCOCC2)oc2ccccc12)c1ccc([N+](=O)[O-])o1. The van der Waals surface area contributed by atoms with Gasteiger partial charge in [-0.3, -0.25) is 19.7 Å². The van der Waals surface area contributed by atoms with Gasteiger partial charge in [-0.2, -0.15) is 0 Å². The van der Waals surface area contributed by atoms with Crippen LogP contribution in [-0.4, -0.2) is 47.9 Å². The first kappa shape index (κ1) is 17.7. The molecule has 0 unspecified atom stereocenters. The Balaban J connectivity index is 1.69. The molecule has 4 rings (SSSR count). The van der Waals surface area contributed by atoms with Crippen molar-refractivity contribution in [3.63, 3.8) is 0 Å². The number of benzene rings is 1. The standard InChI is InChI=1S/C18H15N3O7/c22-17(13-5-6-14(27-13)21(24)25)19-15-11-3-1-2-4-12(11)28-16(15)18(23)20-7-9-26-10-8-20/h1-6H,7-10H2,(H,19,22). The zero-order valence-corrected chi connectivity index (χ0v) is 14.5. The number of morpholine rings is 1. The van der Waals surface area contributed by atoms with Crippen LogP contribution < -0.4 is 5.32 Å². The molecule has 144 valence electrons. The number of para-hydroxylation sites is 1. The first-order valence-corrected chi connectivity index (χ1v) is 8.48. The van der Waals surface area contributed by atoms with Gasteiger partial charge in [0.2, 0.25) is 5.76 Å². The molecule has 1 aromatic carbocycles. The van der Waals surface area contributed by atoms with Gasteiger partial charge in [-0.05, 0) is 18.2 Å². The topological polar surface area (TPSA) is 128 Å². The fourth-order valence-corrected chi connectivity index (χ4v) is 2.95. The van der Waals surface area contributed by atoms with E-state index in [1.54, 1.807) is 29.2 Å². The smallest absolute Gasteiger partial charge is 0.433 e. The maximum atomic E-state index is 12.9. The summed E-state index contributed by atoms with van der Waals surface area (Å²) in [4.78, 5) is 37.0. The van der Waals surface area contributed by atoms with Gasteiger partial charge in [0.15, 0.2) is 5.76 Å². The summed E-state index contributed by atoms with van der Waals surface area (Å²) in [5, 5.41) is 13.9. The molecular weight excluding hydrogens is 370 g/mol. The number of amides is 2. The van der Waals surface area contributed by atoms with E-state index in [4.69, 9.17) is 13.6 Å². The minimum absolute atomic E-state index is 0.0162. The van der Waals surface area contributed by atoms with E-state index in [2.05, 4.69) is 5.32 Å². The highest BCUT2D eigenvalue weighted by atomic mass is 16.6. The van der Waals surface area contributed by atoms with Crippen LogP contribution in [0.5, 0.6) is 0 Å². The predicted molar refractivity (Wildman–Crippen MR) is 96.3 cm³/mol. The Morgan fingerprint density at radius 2 is 1.82 bits per heavy atom. The molecule has 3 aromatic rings. The Hall–Kier alpha value is -3.66. The summed E-state index contributed by atoms with van der Waals surface area (Å²) in [5.74, 6) is -1.91. The number of ether oxygens (including phenoxy) is 1. The minimum atomic E-state index is -0.739. The molecule has 10 nitrogen and oxygen atoms in total. The fraction of sp³-hybridized carbons (Fsp3) is 0.222. The number of furan rings is 2. The number of hydrogen-bond donors (Lipinski definition) is 1. The van der Waals surface area contributed by atoms with Crippen LogP contribution in [0.2, 0.25) is 0 Å². The van der Waals surface area contributed by atoms with E-state index in [9.17, 15) is 19.7 Å². The van der Waals surface area contributed by atoms with E-state index in [-0.39, 0.29) is 23.1 Å². The van der Waals surface area contributed by atoms with Gasteiger partial charge in [-0.15, -0.1) is 0 Å². The average molecular weight is 385 g/mol. The number of carbonyl (C=O) groups excluding carboxylic acids is 2. The van der Waals surface area contributed by atoms with Gasteiger partial charge in [-0.1, -0.05) is 12.1 Å². The quantitative estimate of drug-likeness (QED) is 0.540. The second-order valence-corrected chi connectivity index (χ2v) is 6.06. The van der Waals surface area contributed by atoms with E-state index in [1.165, 1.54) is 6.07 Å². The number of hydrogen-bond acceptors (Lipinski definition) is 7. The van der Waals surface area contributed by atoms with Crippen LogP contribution in [0.25, 0.3) is 11.0 Å². The molecule has 0 aliphatic carbocycles. The van der Waals surface area contributed by atoms with Crippen LogP contribution >= 0.6 is 0 Å². The summed E-state index contributed by atoms with van der Waals surface area (Å²) < 4.78 is 15.9. The normalized spacial score (nSPS) is 14.2. The fourth-order valence-electron chi connectivity index (χ4n) is 2.95. The lowest BCUT2D eigenvalue weighted by molar-refractivity contribution is -0.402. The number of anilines is 1. The Labute approximate surface area is 157 Å². The largest absolute Gasteiger partial charge is 0.449 e. The van der Waals surface area contributed by atoms with Gasteiger partial charge in [0.25, 0.3) is 11.8 Å². The lowest BCUT2D eigenvalue weighted by Gasteiger charge is -2.26. The van der Waals surface area contributed by atoms with Crippen molar-refractivity contribution in [2.75, 3.05) is 31.6 Å². The zero-order valence-electron chi connectivity index (χ0n) is 14.5. The van der Waals surface area contributed by atoms with Crippen LogP contribution in [0, 0.1) is 10.1 Å². The number of rotatable bonds is 4. The molecule has 10 heteroatoms. The van der Waals surface area contributed by atoms with Crippen LogP contribution in [0.15, 0.2) is 45.2 Å². The van der Waals surface area contributed by atoms with Crippen molar-refractivity contribution in [1.82, 2.24) is 4.90 Å². The molecule has 0 radical (unpaired) electrons. The number of nitrogens with zero attached hydrogens (tertiary/aromatic N) is 2. The van der Waals surface area contributed by atoms with Crippen LogP contribution in [-0.2, 0) is 4.74 Å². The van der Waals surface area contributed by atoms with Crippen molar-refractivity contribution in [1.29, 1.82) is 0 Å². The summed E-state index contributed by atoms with van der Waals surface area (Å²) in [6.45, 7) is 1.66. The molecule has 1 saturated heterocycles. The lowest BCUT2D eigenvalue weighted by atomic mass is 10.2.